The number of esters is 5. The number of carbonyl (C=O) groups is 10. The van der Waals surface area contributed by atoms with Crippen molar-refractivity contribution in [3.05, 3.63) is 24.3 Å². The number of methoxy groups -OCH3 is 1. The second-order valence-electron chi connectivity index (χ2n) is 12.2. The van der Waals surface area contributed by atoms with Gasteiger partial charge in [-0.15, -0.1) is 0 Å². The zero-order valence-electron chi connectivity index (χ0n) is 32.7. The molecule has 0 radical (unpaired) electrons. The summed E-state index contributed by atoms with van der Waals surface area (Å²) < 4.78 is 23.9. The van der Waals surface area contributed by atoms with Gasteiger partial charge in [-0.2, -0.15) is 0 Å². The highest BCUT2D eigenvalue weighted by atomic mass is 16.5. The van der Waals surface area contributed by atoms with E-state index in [1.165, 1.54) is 14.0 Å². The van der Waals surface area contributed by atoms with Crippen LogP contribution in [0.2, 0.25) is 0 Å². The van der Waals surface area contributed by atoms with Gasteiger partial charge in [-0.1, -0.05) is 20.1 Å². The van der Waals surface area contributed by atoms with Crippen molar-refractivity contribution in [1.29, 1.82) is 0 Å². The molecular formula is C38H58N2O15. The number of ether oxygens (including phenoxy) is 5. The van der Waals surface area contributed by atoms with Crippen LogP contribution in [0, 0.1) is 0 Å². The van der Waals surface area contributed by atoms with Gasteiger partial charge in [0, 0.05) is 56.1 Å². The molecule has 0 aromatic rings. The first-order chi connectivity index (χ1) is 26.0. The summed E-state index contributed by atoms with van der Waals surface area (Å²) in [6.45, 7) is 11.6. The van der Waals surface area contributed by atoms with Crippen LogP contribution in [0.15, 0.2) is 24.3 Å². The summed E-state index contributed by atoms with van der Waals surface area (Å²) in [4.78, 5) is 115. The highest BCUT2D eigenvalue weighted by molar-refractivity contribution is 5.98. The first-order valence-electron chi connectivity index (χ1n) is 18.1. The molecule has 0 fully saturated rings. The van der Waals surface area contributed by atoms with Crippen LogP contribution in [0.4, 0.5) is 0 Å². The van der Waals surface area contributed by atoms with Gasteiger partial charge in [0.15, 0.2) is 11.6 Å². The molecule has 0 saturated carbocycles. The molecule has 17 heteroatoms. The fourth-order valence-corrected chi connectivity index (χ4v) is 3.86. The Balaban J connectivity index is 0. The van der Waals surface area contributed by atoms with Crippen LogP contribution in [0.25, 0.3) is 0 Å². The highest BCUT2D eigenvalue weighted by Crippen LogP contribution is 2.07. The molecule has 0 unspecified atom stereocenters. The monoisotopic (exact) mass is 782 g/mol. The van der Waals surface area contributed by atoms with E-state index in [1.54, 1.807) is 13.8 Å². The summed E-state index contributed by atoms with van der Waals surface area (Å²) in [5.41, 5.74) is 0.608. The van der Waals surface area contributed by atoms with Gasteiger partial charge in [-0.05, 0) is 52.4 Å². The molecule has 0 aliphatic heterocycles. The Bertz CT molecular complexity index is 1320. The number of hydrogen-bond donors (Lipinski definition) is 2. The maximum Gasteiger partial charge on any atom is 0.333 e. The molecule has 0 bridgehead atoms. The predicted molar refractivity (Wildman–Crippen MR) is 197 cm³/mol. The summed E-state index contributed by atoms with van der Waals surface area (Å²) in [5.74, 6) is -3.81. The van der Waals surface area contributed by atoms with Gasteiger partial charge in [0.25, 0.3) is 0 Å². The molecule has 0 saturated heterocycles. The molecule has 0 spiro atoms. The van der Waals surface area contributed by atoms with Crippen molar-refractivity contribution in [2.24, 2.45) is 0 Å². The van der Waals surface area contributed by atoms with Crippen molar-refractivity contribution >= 4 is 59.0 Å². The van der Waals surface area contributed by atoms with Crippen molar-refractivity contribution < 1.29 is 71.6 Å². The highest BCUT2D eigenvalue weighted by Gasteiger charge is 2.13. The van der Waals surface area contributed by atoms with Crippen molar-refractivity contribution in [3.8, 4) is 0 Å². The topological polar surface area (TPSA) is 241 Å². The molecule has 2 amide bonds. The van der Waals surface area contributed by atoms with Crippen molar-refractivity contribution in [2.45, 2.75) is 111 Å². The largest absolute Gasteiger partial charge is 0.469 e. The smallest absolute Gasteiger partial charge is 0.333 e. The van der Waals surface area contributed by atoms with Crippen LogP contribution in [0.5, 0.6) is 0 Å². The van der Waals surface area contributed by atoms with Gasteiger partial charge in [0.2, 0.25) is 11.8 Å². The number of ketones is 3. The average Bonchev–Trinajstić information content (AvgIpc) is 3.14. The van der Waals surface area contributed by atoms with E-state index < -0.39 is 29.8 Å². The molecule has 0 rings (SSSR count). The number of unbranched alkanes of at least 4 members (excludes halogenated alkanes) is 3. The van der Waals surface area contributed by atoms with Gasteiger partial charge in [-0.25, -0.2) is 9.59 Å². The lowest BCUT2D eigenvalue weighted by Gasteiger charge is -2.07. The molecule has 2 N–H and O–H groups in total. The third kappa shape index (κ3) is 34.3. The maximum absolute atomic E-state index is 11.9. The van der Waals surface area contributed by atoms with E-state index in [-0.39, 0.29) is 113 Å². The lowest BCUT2D eigenvalue weighted by molar-refractivity contribution is -0.148. The number of Topliss-reactive ketones (excluding diaryl/α,β-unsaturated/α-hetero) is 3. The molecule has 0 aliphatic rings. The lowest BCUT2D eigenvalue weighted by atomic mass is 10.1. The van der Waals surface area contributed by atoms with Crippen LogP contribution < -0.4 is 10.6 Å². The Kier molecular flexibility index (Phi) is 31.5. The average molecular weight is 783 g/mol. The van der Waals surface area contributed by atoms with Crippen molar-refractivity contribution in [3.63, 3.8) is 0 Å². The number of rotatable bonds is 30. The van der Waals surface area contributed by atoms with Crippen molar-refractivity contribution in [2.75, 3.05) is 46.6 Å². The normalized spacial score (nSPS) is 9.96. The lowest BCUT2D eigenvalue weighted by Crippen LogP contribution is -2.29. The van der Waals surface area contributed by atoms with E-state index in [0.29, 0.717) is 57.1 Å². The standard InChI is InChI=1S/C29H43NO12.C9H15NO3/c1-21(2)29(38)40-17-16-30-25(34)18-22(31)10-4-8-14-27(36)41-20-24(33)12-6-9-15-28(37)42-19-23(32)11-5-7-13-26(35)39-3;1-4-8(11)10-5-6-13-9(12)7(2)3/h1,4-20H2,2-3H3,(H,30,34);2,4-6H2,1,3H3,(H,10,11). The van der Waals surface area contributed by atoms with Crippen LogP contribution in [0.1, 0.15) is 111 Å². The van der Waals surface area contributed by atoms with E-state index in [4.69, 9.17) is 18.9 Å². The Hall–Kier alpha value is -5.22. The molecule has 0 heterocycles. The van der Waals surface area contributed by atoms with Gasteiger partial charge in [0.05, 0.1) is 26.6 Å². The summed E-state index contributed by atoms with van der Waals surface area (Å²) >= 11 is 0. The molecule has 17 nitrogen and oxygen atoms in total. The summed E-state index contributed by atoms with van der Waals surface area (Å²) in [5, 5.41) is 5.05. The Morgan fingerprint density at radius 1 is 0.491 bits per heavy atom. The fourth-order valence-electron chi connectivity index (χ4n) is 3.86. The van der Waals surface area contributed by atoms with E-state index in [2.05, 4.69) is 28.5 Å². The van der Waals surface area contributed by atoms with Gasteiger partial charge in [-0.3, -0.25) is 38.4 Å². The van der Waals surface area contributed by atoms with Crippen LogP contribution >= 0.6 is 0 Å². The Morgan fingerprint density at radius 3 is 1.24 bits per heavy atom. The molecule has 0 aromatic carbocycles. The quantitative estimate of drug-likeness (QED) is 0.0350. The zero-order chi connectivity index (χ0) is 42.0. The van der Waals surface area contributed by atoms with Crippen LogP contribution in [0.3, 0.4) is 0 Å². The third-order valence-electron chi connectivity index (χ3n) is 6.97. The first-order valence-corrected chi connectivity index (χ1v) is 18.1. The predicted octanol–water partition coefficient (Wildman–Crippen LogP) is 2.89. The summed E-state index contributed by atoms with van der Waals surface area (Å²) in [6, 6.07) is 0. The molecule has 0 aliphatic carbocycles. The third-order valence-corrected chi connectivity index (χ3v) is 6.97. The van der Waals surface area contributed by atoms with Gasteiger partial charge >= 0.3 is 29.8 Å². The Labute approximate surface area is 322 Å². The van der Waals surface area contributed by atoms with E-state index in [0.717, 1.165) is 0 Å². The van der Waals surface area contributed by atoms with E-state index in [1.807, 2.05) is 0 Å². The van der Waals surface area contributed by atoms with Crippen molar-refractivity contribution in [1.82, 2.24) is 10.6 Å². The number of nitrogens with one attached hydrogen (secondary N) is 2. The molecule has 310 valence electrons. The number of carbonyl (C=O) groups excluding carboxylic acids is 10. The van der Waals surface area contributed by atoms with Gasteiger partial charge < -0.3 is 34.3 Å². The second-order valence-corrected chi connectivity index (χ2v) is 12.2. The Morgan fingerprint density at radius 2 is 0.855 bits per heavy atom. The minimum Gasteiger partial charge on any atom is -0.469 e. The zero-order valence-corrected chi connectivity index (χ0v) is 32.7. The summed E-state index contributed by atoms with van der Waals surface area (Å²) in [6.07, 6.45) is 3.37. The minimum absolute atomic E-state index is 0.0245. The van der Waals surface area contributed by atoms with E-state index >= 15 is 0 Å². The SMILES string of the molecule is C=C(C)C(=O)OCCNC(=O)CC.C=C(C)C(=O)OCCNC(=O)CC(=O)CCCCC(=O)OCC(=O)CCCCC(=O)OCC(=O)CCCCC(=O)OC. The van der Waals surface area contributed by atoms with E-state index in [9.17, 15) is 47.9 Å². The maximum atomic E-state index is 11.9. The molecule has 55 heavy (non-hydrogen) atoms. The fraction of sp³-hybridized carbons (Fsp3) is 0.632. The number of amides is 2. The minimum atomic E-state index is -0.573. The van der Waals surface area contributed by atoms with Gasteiger partial charge in [0.1, 0.15) is 32.2 Å². The molecular weight excluding hydrogens is 724 g/mol. The molecule has 0 aromatic heterocycles. The first kappa shape index (κ1) is 51.9. The van der Waals surface area contributed by atoms with Crippen LogP contribution in [-0.4, -0.2) is 106 Å². The second kappa shape index (κ2) is 33.4. The number of hydrogen-bond acceptors (Lipinski definition) is 15. The summed E-state index contributed by atoms with van der Waals surface area (Å²) in [7, 11) is 1.29. The van der Waals surface area contributed by atoms with Crippen LogP contribution in [-0.2, 0) is 71.6 Å². The molecule has 0 atom stereocenters.